The maximum absolute atomic E-state index is 5.97. The SMILES string of the molecule is C=CCn1c(SCc2ccccc2C)nnc1-c1ccc(Cl)cc1. The number of hydrogen-bond acceptors (Lipinski definition) is 3. The second kappa shape index (κ2) is 7.69. The predicted molar refractivity (Wildman–Crippen MR) is 101 cm³/mol. The number of aromatic nitrogens is 3. The first-order valence-corrected chi connectivity index (χ1v) is 9.02. The summed E-state index contributed by atoms with van der Waals surface area (Å²) >= 11 is 7.66. The molecule has 3 nitrogen and oxygen atoms in total. The van der Waals surface area contributed by atoms with E-state index in [9.17, 15) is 0 Å². The van der Waals surface area contributed by atoms with Crippen LogP contribution in [0.2, 0.25) is 5.02 Å². The molecule has 3 aromatic rings. The van der Waals surface area contributed by atoms with Crippen molar-refractivity contribution in [2.75, 3.05) is 0 Å². The molecule has 0 amide bonds. The molecule has 0 atom stereocenters. The van der Waals surface area contributed by atoms with Crippen LogP contribution in [0.3, 0.4) is 0 Å². The summed E-state index contributed by atoms with van der Waals surface area (Å²) < 4.78 is 2.08. The Kier molecular flexibility index (Phi) is 5.38. The number of allylic oxidation sites excluding steroid dienone is 1. The lowest BCUT2D eigenvalue weighted by Gasteiger charge is -2.09. The second-order valence-electron chi connectivity index (χ2n) is 5.43. The van der Waals surface area contributed by atoms with Gasteiger partial charge in [0.05, 0.1) is 0 Å². The van der Waals surface area contributed by atoms with E-state index in [1.807, 2.05) is 30.3 Å². The highest BCUT2D eigenvalue weighted by Crippen LogP contribution is 2.28. The number of hydrogen-bond donors (Lipinski definition) is 0. The van der Waals surface area contributed by atoms with E-state index >= 15 is 0 Å². The van der Waals surface area contributed by atoms with Gasteiger partial charge in [-0.15, -0.1) is 16.8 Å². The summed E-state index contributed by atoms with van der Waals surface area (Å²) in [6.45, 7) is 6.65. The normalized spacial score (nSPS) is 10.8. The molecule has 5 heteroatoms. The summed E-state index contributed by atoms with van der Waals surface area (Å²) in [7, 11) is 0. The van der Waals surface area contributed by atoms with Gasteiger partial charge in [-0.3, -0.25) is 4.57 Å². The Bertz CT molecular complexity index is 840. The van der Waals surface area contributed by atoms with Gasteiger partial charge >= 0.3 is 0 Å². The topological polar surface area (TPSA) is 30.7 Å². The fourth-order valence-corrected chi connectivity index (χ4v) is 3.57. The van der Waals surface area contributed by atoms with E-state index in [2.05, 4.69) is 52.5 Å². The van der Waals surface area contributed by atoms with Gasteiger partial charge in [0.25, 0.3) is 0 Å². The van der Waals surface area contributed by atoms with Crippen LogP contribution in [-0.4, -0.2) is 14.8 Å². The van der Waals surface area contributed by atoms with E-state index in [4.69, 9.17) is 11.6 Å². The number of rotatable bonds is 6. The van der Waals surface area contributed by atoms with Crippen molar-refractivity contribution in [2.45, 2.75) is 24.4 Å². The van der Waals surface area contributed by atoms with Crippen LogP contribution in [0.15, 0.2) is 66.3 Å². The molecule has 0 bridgehead atoms. The minimum Gasteiger partial charge on any atom is -0.298 e. The highest BCUT2D eigenvalue weighted by Gasteiger charge is 2.14. The van der Waals surface area contributed by atoms with Crippen LogP contribution in [0.25, 0.3) is 11.4 Å². The molecule has 0 aliphatic rings. The molecular formula is C19H18ClN3S. The van der Waals surface area contributed by atoms with Gasteiger partial charge < -0.3 is 0 Å². The average Bonchev–Trinajstić information content (AvgIpc) is 2.98. The first-order chi connectivity index (χ1) is 11.7. The average molecular weight is 356 g/mol. The van der Waals surface area contributed by atoms with Crippen molar-refractivity contribution in [3.63, 3.8) is 0 Å². The fraction of sp³-hybridized carbons (Fsp3) is 0.158. The summed E-state index contributed by atoms with van der Waals surface area (Å²) in [6, 6.07) is 16.1. The number of nitrogens with zero attached hydrogens (tertiary/aromatic N) is 3. The van der Waals surface area contributed by atoms with Crippen molar-refractivity contribution >= 4 is 23.4 Å². The van der Waals surface area contributed by atoms with Crippen molar-refractivity contribution < 1.29 is 0 Å². The number of halogens is 1. The van der Waals surface area contributed by atoms with Gasteiger partial charge in [-0.1, -0.05) is 53.7 Å². The molecule has 122 valence electrons. The number of benzene rings is 2. The van der Waals surface area contributed by atoms with Crippen LogP contribution in [-0.2, 0) is 12.3 Å². The Morgan fingerprint density at radius 2 is 1.88 bits per heavy atom. The molecular weight excluding hydrogens is 338 g/mol. The molecule has 1 aromatic heterocycles. The molecule has 0 fully saturated rings. The van der Waals surface area contributed by atoms with E-state index in [-0.39, 0.29) is 0 Å². The molecule has 0 aliphatic carbocycles. The highest BCUT2D eigenvalue weighted by molar-refractivity contribution is 7.98. The first-order valence-electron chi connectivity index (χ1n) is 7.66. The summed E-state index contributed by atoms with van der Waals surface area (Å²) in [5.74, 6) is 1.70. The lowest BCUT2D eigenvalue weighted by molar-refractivity contribution is 0.731. The molecule has 0 radical (unpaired) electrons. The van der Waals surface area contributed by atoms with Crippen molar-refractivity contribution in [1.29, 1.82) is 0 Å². The van der Waals surface area contributed by atoms with Crippen LogP contribution in [0.5, 0.6) is 0 Å². The Balaban J connectivity index is 1.87. The summed E-state index contributed by atoms with van der Waals surface area (Å²) in [5, 5.41) is 10.3. The first kappa shape index (κ1) is 16.8. The molecule has 1 heterocycles. The summed E-state index contributed by atoms with van der Waals surface area (Å²) in [6.07, 6.45) is 1.86. The third kappa shape index (κ3) is 3.71. The molecule has 3 rings (SSSR count). The Hall–Kier alpha value is -2.04. The monoisotopic (exact) mass is 355 g/mol. The van der Waals surface area contributed by atoms with Gasteiger partial charge in [0, 0.05) is 22.9 Å². The van der Waals surface area contributed by atoms with E-state index in [1.54, 1.807) is 11.8 Å². The predicted octanol–water partition coefficient (Wildman–Crippen LogP) is 5.39. The molecule has 0 saturated carbocycles. The van der Waals surface area contributed by atoms with Crippen molar-refractivity contribution in [1.82, 2.24) is 14.8 Å². The van der Waals surface area contributed by atoms with E-state index in [1.165, 1.54) is 11.1 Å². The molecule has 0 spiro atoms. The minimum atomic E-state index is 0.668. The Morgan fingerprint density at radius 1 is 1.12 bits per heavy atom. The maximum Gasteiger partial charge on any atom is 0.192 e. The third-order valence-corrected chi connectivity index (χ3v) is 5.02. The van der Waals surface area contributed by atoms with Crippen LogP contribution < -0.4 is 0 Å². The van der Waals surface area contributed by atoms with E-state index in [0.717, 1.165) is 22.3 Å². The zero-order chi connectivity index (χ0) is 16.9. The zero-order valence-electron chi connectivity index (χ0n) is 13.4. The van der Waals surface area contributed by atoms with Gasteiger partial charge in [0.2, 0.25) is 0 Å². The smallest absolute Gasteiger partial charge is 0.192 e. The lowest BCUT2D eigenvalue weighted by Crippen LogP contribution is -2.00. The summed E-state index contributed by atoms with van der Waals surface area (Å²) in [5.41, 5.74) is 3.60. The summed E-state index contributed by atoms with van der Waals surface area (Å²) in [4.78, 5) is 0. The lowest BCUT2D eigenvalue weighted by atomic mass is 10.1. The molecule has 0 unspecified atom stereocenters. The van der Waals surface area contributed by atoms with Gasteiger partial charge in [-0.25, -0.2) is 0 Å². The van der Waals surface area contributed by atoms with Crippen LogP contribution in [0.4, 0.5) is 0 Å². The van der Waals surface area contributed by atoms with Crippen molar-refractivity contribution in [2.24, 2.45) is 0 Å². The van der Waals surface area contributed by atoms with Gasteiger partial charge in [-0.2, -0.15) is 0 Å². The van der Waals surface area contributed by atoms with E-state index < -0.39 is 0 Å². The Labute approximate surface area is 151 Å². The van der Waals surface area contributed by atoms with Gasteiger partial charge in [0.1, 0.15) is 0 Å². The standard InChI is InChI=1S/C19H18ClN3S/c1-3-12-23-18(15-8-10-17(20)11-9-15)21-22-19(23)24-13-16-7-5-4-6-14(16)2/h3-11H,1,12-13H2,2H3. The largest absolute Gasteiger partial charge is 0.298 e. The molecule has 0 saturated heterocycles. The molecule has 24 heavy (non-hydrogen) atoms. The fourth-order valence-electron chi connectivity index (χ4n) is 2.42. The Morgan fingerprint density at radius 3 is 2.58 bits per heavy atom. The molecule has 2 aromatic carbocycles. The van der Waals surface area contributed by atoms with Gasteiger partial charge in [-0.05, 0) is 42.3 Å². The molecule has 0 N–H and O–H groups in total. The number of aryl methyl sites for hydroxylation is 1. The number of thioether (sulfide) groups is 1. The zero-order valence-corrected chi connectivity index (χ0v) is 15.0. The quantitative estimate of drug-likeness (QED) is 0.439. The van der Waals surface area contributed by atoms with E-state index in [0.29, 0.717) is 11.6 Å². The second-order valence-corrected chi connectivity index (χ2v) is 6.81. The van der Waals surface area contributed by atoms with Crippen LogP contribution in [0, 0.1) is 6.92 Å². The molecule has 0 aliphatic heterocycles. The van der Waals surface area contributed by atoms with Crippen molar-refractivity contribution in [3.8, 4) is 11.4 Å². The third-order valence-electron chi connectivity index (χ3n) is 3.75. The van der Waals surface area contributed by atoms with Crippen LogP contribution in [0.1, 0.15) is 11.1 Å². The van der Waals surface area contributed by atoms with Crippen LogP contribution >= 0.6 is 23.4 Å². The maximum atomic E-state index is 5.97. The van der Waals surface area contributed by atoms with Gasteiger partial charge in [0.15, 0.2) is 11.0 Å². The highest BCUT2D eigenvalue weighted by atomic mass is 35.5. The van der Waals surface area contributed by atoms with Crippen molar-refractivity contribution in [3.05, 3.63) is 77.3 Å². The minimum absolute atomic E-state index is 0.668.